The number of ketones is 2. The molecule has 0 aromatic rings. The molecule has 0 aromatic carbocycles. The van der Waals surface area contributed by atoms with Crippen molar-refractivity contribution < 1.29 is 28.7 Å². The number of ether oxygens (including phenoxy) is 2. The molecule has 1 fully saturated rings. The topological polar surface area (TPSA) is 86.7 Å². The van der Waals surface area contributed by atoms with Crippen LogP contribution in [0.25, 0.3) is 0 Å². The van der Waals surface area contributed by atoms with E-state index in [0.717, 1.165) is 0 Å². The maximum Gasteiger partial charge on any atom is 0.324 e. The van der Waals surface area contributed by atoms with Gasteiger partial charge in [-0.3, -0.25) is 19.2 Å². The van der Waals surface area contributed by atoms with Crippen LogP contribution in [0.15, 0.2) is 0 Å². The number of esters is 2. The van der Waals surface area contributed by atoms with Crippen molar-refractivity contribution in [3.63, 3.8) is 0 Å². The van der Waals surface area contributed by atoms with E-state index in [2.05, 4.69) is 0 Å². The lowest BCUT2D eigenvalue weighted by Crippen LogP contribution is -2.50. The monoisotopic (exact) mass is 312 g/mol. The van der Waals surface area contributed by atoms with E-state index in [9.17, 15) is 19.2 Å². The molecule has 1 atom stereocenters. The Morgan fingerprint density at radius 3 is 2.09 bits per heavy atom. The van der Waals surface area contributed by atoms with Crippen molar-refractivity contribution in [2.24, 2.45) is 11.3 Å². The minimum Gasteiger partial charge on any atom is -0.465 e. The van der Waals surface area contributed by atoms with Crippen LogP contribution in [0, 0.1) is 11.3 Å². The Labute approximate surface area is 130 Å². The molecule has 1 aliphatic carbocycles. The van der Waals surface area contributed by atoms with Gasteiger partial charge in [0.15, 0.2) is 5.41 Å². The Morgan fingerprint density at radius 2 is 1.68 bits per heavy atom. The highest BCUT2D eigenvalue weighted by Gasteiger charge is 2.56. The third kappa shape index (κ3) is 3.93. The number of carbonyl (C=O) groups excluding carboxylic acids is 4. The molecular formula is C16H24O6. The standard InChI is InChI=1S/C16H24O6/c1-4-21-14(19)16(10-11(3)17,15(20)22-5-2)12-7-6-8-13(18)9-12/h12H,4-10H2,1-3H3. The Kier molecular flexibility index (Phi) is 6.71. The van der Waals surface area contributed by atoms with E-state index in [-0.39, 0.29) is 37.6 Å². The summed E-state index contributed by atoms with van der Waals surface area (Å²) < 4.78 is 10.1. The molecule has 0 saturated heterocycles. The van der Waals surface area contributed by atoms with Crippen molar-refractivity contribution in [1.29, 1.82) is 0 Å². The highest BCUT2D eigenvalue weighted by molar-refractivity contribution is 6.04. The zero-order chi connectivity index (χ0) is 16.8. The number of Topliss-reactive ketones (excluding diaryl/α,β-unsaturated/α-hetero) is 2. The molecule has 124 valence electrons. The van der Waals surface area contributed by atoms with Gasteiger partial charge < -0.3 is 9.47 Å². The molecule has 0 N–H and O–H groups in total. The molecular weight excluding hydrogens is 288 g/mol. The molecule has 1 saturated carbocycles. The summed E-state index contributed by atoms with van der Waals surface area (Å²) in [5.74, 6) is -2.38. The Morgan fingerprint density at radius 1 is 1.14 bits per heavy atom. The lowest BCUT2D eigenvalue weighted by atomic mass is 9.65. The van der Waals surface area contributed by atoms with Gasteiger partial charge in [-0.2, -0.15) is 0 Å². The van der Waals surface area contributed by atoms with Crippen molar-refractivity contribution in [3.8, 4) is 0 Å². The van der Waals surface area contributed by atoms with Gasteiger partial charge in [-0.1, -0.05) is 0 Å². The number of carbonyl (C=O) groups is 4. The van der Waals surface area contributed by atoms with Crippen molar-refractivity contribution >= 4 is 23.5 Å². The van der Waals surface area contributed by atoms with Gasteiger partial charge in [0.05, 0.1) is 13.2 Å². The number of hydrogen-bond acceptors (Lipinski definition) is 6. The SMILES string of the molecule is CCOC(=O)C(CC(C)=O)(C(=O)OCC)C1CCCC(=O)C1. The third-order valence-electron chi connectivity index (χ3n) is 3.99. The quantitative estimate of drug-likeness (QED) is 0.526. The maximum atomic E-state index is 12.5. The van der Waals surface area contributed by atoms with Gasteiger partial charge in [0.2, 0.25) is 0 Å². The summed E-state index contributed by atoms with van der Waals surface area (Å²) in [6, 6.07) is 0. The van der Waals surface area contributed by atoms with Gasteiger partial charge in [0, 0.05) is 19.3 Å². The van der Waals surface area contributed by atoms with Gasteiger partial charge >= 0.3 is 11.9 Å². The first kappa shape index (κ1) is 18.3. The number of rotatable bonds is 7. The molecule has 22 heavy (non-hydrogen) atoms. The van der Waals surface area contributed by atoms with Crippen molar-refractivity contribution in [1.82, 2.24) is 0 Å². The smallest absolute Gasteiger partial charge is 0.324 e. The van der Waals surface area contributed by atoms with Gasteiger partial charge in [-0.05, 0) is 39.5 Å². The first-order valence-electron chi connectivity index (χ1n) is 7.74. The van der Waals surface area contributed by atoms with Crippen LogP contribution >= 0.6 is 0 Å². The van der Waals surface area contributed by atoms with E-state index < -0.39 is 23.3 Å². The van der Waals surface area contributed by atoms with Crippen molar-refractivity contribution in [2.75, 3.05) is 13.2 Å². The summed E-state index contributed by atoms with van der Waals surface area (Å²) in [4.78, 5) is 48.6. The number of hydrogen-bond donors (Lipinski definition) is 0. The summed E-state index contributed by atoms with van der Waals surface area (Å²) in [5, 5.41) is 0. The molecule has 0 bridgehead atoms. The van der Waals surface area contributed by atoms with Gasteiger partial charge in [0.1, 0.15) is 11.6 Å². The second-order valence-electron chi connectivity index (χ2n) is 5.62. The molecule has 1 unspecified atom stereocenters. The first-order chi connectivity index (χ1) is 10.4. The normalized spacial score (nSPS) is 18.7. The summed E-state index contributed by atoms with van der Waals surface area (Å²) in [7, 11) is 0. The molecule has 0 amide bonds. The van der Waals surface area contributed by atoms with E-state index in [0.29, 0.717) is 19.3 Å². The van der Waals surface area contributed by atoms with Crippen LogP contribution in [-0.2, 0) is 28.7 Å². The second-order valence-corrected chi connectivity index (χ2v) is 5.62. The van der Waals surface area contributed by atoms with E-state index >= 15 is 0 Å². The molecule has 1 aliphatic rings. The van der Waals surface area contributed by atoms with Crippen LogP contribution in [0.2, 0.25) is 0 Å². The average Bonchev–Trinajstić information content (AvgIpc) is 2.44. The van der Waals surface area contributed by atoms with Crippen LogP contribution in [-0.4, -0.2) is 36.7 Å². The molecule has 6 heteroatoms. The molecule has 0 spiro atoms. The predicted molar refractivity (Wildman–Crippen MR) is 78.0 cm³/mol. The molecule has 0 heterocycles. The van der Waals surface area contributed by atoms with E-state index in [1.807, 2.05) is 0 Å². The van der Waals surface area contributed by atoms with Crippen LogP contribution in [0.5, 0.6) is 0 Å². The average molecular weight is 312 g/mol. The fourth-order valence-corrected chi connectivity index (χ4v) is 3.06. The summed E-state index contributed by atoms with van der Waals surface area (Å²) in [5.41, 5.74) is -1.70. The van der Waals surface area contributed by atoms with Crippen molar-refractivity contribution in [2.45, 2.75) is 52.9 Å². The first-order valence-corrected chi connectivity index (χ1v) is 7.74. The largest absolute Gasteiger partial charge is 0.465 e. The van der Waals surface area contributed by atoms with Crippen molar-refractivity contribution in [3.05, 3.63) is 0 Å². The summed E-state index contributed by atoms with van der Waals surface area (Å²) in [6.45, 7) is 4.77. The molecule has 0 aromatic heterocycles. The fourth-order valence-electron chi connectivity index (χ4n) is 3.06. The highest BCUT2D eigenvalue weighted by Crippen LogP contribution is 2.43. The zero-order valence-corrected chi connectivity index (χ0v) is 13.5. The summed E-state index contributed by atoms with van der Waals surface area (Å²) >= 11 is 0. The maximum absolute atomic E-state index is 12.5. The predicted octanol–water partition coefficient (Wildman–Crippen LogP) is 1.84. The minimum atomic E-state index is -1.70. The van der Waals surface area contributed by atoms with E-state index in [1.54, 1.807) is 13.8 Å². The van der Waals surface area contributed by atoms with E-state index in [1.165, 1.54) is 6.92 Å². The Hall–Kier alpha value is -1.72. The fraction of sp³-hybridized carbons (Fsp3) is 0.750. The Bertz CT molecular complexity index is 436. The van der Waals surface area contributed by atoms with Gasteiger partial charge in [0.25, 0.3) is 0 Å². The molecule has 1 rings (SSSR count). The Balaban J connectivity index is 3.28. The van der Waals surface area contributed by atoms with Crippen LogP contribution in [0.3, 0.4) is 0 Å². The van der Waals surface area contributed by atoms with Gasteiger partial charge in [-0.15, -0.1) is 0 Å². The van der Waals surface area contributed by atoms with Crippen LogP contribution < -0.4 is 0 Å². The molecule has 0 radical (unpaired) electrons. The van der Waals surface area contributed by atoms with Gasteiger partial charge in [-0.25, -0.2) is 0 Å². The zero-order valence-electron chi connectivity index (χ0n) is 13.5. The summed E-state index contributed by atoms with van der Waals surface area (Å²) in [6.07, 6.45) is 1.38. The van der Waals surface area contributed by atoms with E-state index in [4.69, 9.17) is 9.47 Å². The molecule has 0 aliphatic heterocycles. The highest BCUT2D eigenvalue weighted by atomic mass is 16.6. The lowest BCUT2D eigenvalue weighted by molar-refractivity contribution is -0.180. The second kappa shape index (κ2) is 8.06. The third-order valence-corrected chi connectivity index (χ3v) is 3.99. The van der Waals surface area contributed by atoms with Crippen LogP contribution in [0.1, 0.15) is 52.9 Å². The lowest BCUT2D eigenvalue weighted by Gasteiger charge is -2.37. The van der Waals surface area contributed by atoms with Crippen LogP contribution in [0.4, 0.5) is 0 Å². The minimum absolute atomic E-state index is 0.00206. The molecule has 6 nitrogen and oxygen atoms in total.